The van der Waals surface area contributed by atoms with Gasteiger partial charge in [-0.25, -0.2) is 4.79 Å². The normalized spacial score (nSPS) is 22.7. The second kappa shape index (κ2) is 11.4. The van der Waals surface area contributed by atoms with E-state index in [2.05, 4.69) is 16.0 Å². The largest absolute Gasteiger partial charge is 0.356 e. The van der Waals surface area contributed by atoms with Crippen molar-refractivity contribution in [3.05, 3.63) is 34.9 Å². The van der Waals surface area contributed by atoms with E-state index in [-0.39, 0.29) is 17.9 Å². The van der Waals surface area contributed by atoms with Crippen molar-refractivity contribution in [1.82, 2.24) is 16.0 Å². The summed E-state index contributed by atoms with van der Waals surface area (Å²) in [6.07, 6.45) is 10.3. The van der Waals surface area contributed by atoms with Crippen LogP contribution in [0.15, 0.2) is 24.3 Å². The highest BCUT2D eigenvalue weighted by molar-refractivity contribution is 6.30. The Labute approximate surface area is 179 Å². The highest BCUT2D eigenvalue weighted by atomic mass is 35.5. The van der Waals surface area contributed by atoms with Crippen molar-refractivity contribution in [2.75, 3.05) is 13.1 Å². The van der Waals surface area contributed by atoms with E-state index in [0.29, 0.717) is 29.9 Å². The third-order valence-corrected chi connectivity index (χ3v) is 6.64. The van der Waals surface area contributed by atoms with Gasteiger partial charge in [0.1, 0.15) is 0 Å². The quantitative estimate of drug-likeness (QED) is 0.602. The summed E-state index contributed by atoms with van der Waals surface area (Å²) in [7, 11) is 0. The molecule has 0 heterocycles. The van der Waals surface area contributed by atoms with E-state index in [9.17, 15) is 9.59 Å². The summed E-state index contributed by atoms with van der Waals surface area (Å²) in [4.78, 5) is 24.3. The van der Waals surface area contributed by atoms with Crippen LogP contribution in [0.1, 0.15) is 63.4 Å². The number of rotatable bonds is 7. The van der Waals surface area contributed by atoms with E-state index in [1.807, 2.05) is 24.3 Å². The summed E-state index contributed by atoms with van der Waals surface area (Å²) in [5.41, 5.74) is 0.989. The number of hydrogen-bond donors (Lipinski definition) is 3. The molecule has 2 aliphatic carbocycles. The lowest BCUT2D eigenvalue weighted by Crippen LogP contribution is -2.39. The van der Waals surface area contributed by atoms with Gasteiger partial charge in [-0.05, 0) is 68.1 Å². The zero-order valence-corrected chi connectivity index (χ0v) is 18.0. The fourth-order valence-electron chi connectivity index (χ4n) is 4.52. The van der Waals surface area contributed by atoms with Crippen LogP contribution in [0, 0.1) is 17.8 Å². The van der Waals surface area contributed by atoms with Crippen LogP contribution >= 0.6 is 11.6 Å². The number of nitrogens with one attached hydrogen (secondary N) is 3. The molecule has 2 fully saturated rings. The fourth-order valence-corrected chi connectivity index (χ4v) is 4.74. The second-order valence-electron chi connectivity index (χ2n) is 8.66. The van der Waals surface area contributed by atoms with Crippen molar-refractivity contribution in [3.63, 3.8) is 0 Å². The Morgan fingerprint density at radius 2 is 1.52 bits per heavy atom. The van der Waals surface area contributed by atoms with Crippen LogP contribution in [0.4, 0.5) is 4.79 Å². The standard InChI is InChI=1S/C23H34ClN3O2/c24-21-8-4-5-19(13-21)16-27-23(29)26-15-18-11-9-17(10-12-18)14-25-22(28)20-6-2-1-3-7-20/h4-5,8,13,17-18,20H,1-3,6-7,9-12,14-16H2,(H,25,28)(H2,26,27,29). The van der Waals surface area contributed by atoms with E-state index in [1.54, 1.807) is 0 Å². The maximum absolute atomic E-state index is 12.3. The summed E-state index contributed by atoms with van der Waals surface area (Å²) < 4.78 is 0. The van der Waals surface area contributed by atoms with E-state index >= 15 is 0 Å². The zero-order chi connectivity index (χ0) is 20.5. The lowest BCUT2D eigenvalue weighted by molar-refractivity contribution is -0.126. The molecule has 160 valence electrons. The number of amides is 3. The first-order valence-electron chi connectivity index (χ1n) is 11.1. The third kappa shape index (κ3) is 7.54. The molecule has 6 heteroatoms. The van der Waals surface area contributed by atoms with Gasteiger partial charge >= 0.3 is 6.03 Å². The van der Waals surface area contributed by atoms with Crippen LogP contribution in [0.2, 0.25) is 5.02 Å². The van der Waals surface area contributed by atoms with Gasteiger partial charge in [-0.2, -0.15) is 0 Å². The fraction of sp³-hybridized carbons (Fsp3) is 0.652. The van der Waals surface area contributed by atoms with Gasteiger partial charge in [-0.1, -0.05) is 43.0 Å². The molecule has 3 amide bonds. The van der Waals surface area contributed by atoms with Gasteiger partial charge in [0, 0.05) is 30.6 Å². The van der Waals surface area contributed by atoms with Crippen LogP contribution in [0.3, 0.4) is 0 Å². The van der Waals surface area contributed by atoms with Crippen molar-refractivity contribution in [2.45, 2.75) is 64.3 Å². The van der Waals surface area contributed by atoms with E-state index < -0.39 is 0 Å². The van der Waals surface area contributed by atoms with Crippen LogP contribution in [-0.4, -0.2) is 25.0 Å². The van der Waals surface area contributed by atoms with E-state index in [1.165, 1.54) is 19.3 Å². The van der Waals surface area contributed by atoms with Crippen molar-refractivity contribution in [2.24, 2.45) is 17.8 Å². The van der Waals surface area contributed by atoms with Crippen molar-refractivity contribution < 1.29 is 9.59 Å². The minimum absolute atomic E-state index is 0.133. The third-order valence-electron chi connectivity index (χ3n) is 6.40. The predicted molar refractivity (Wildman–Crippen MR) is 117 cm³/mol. The van der Waals surface area contributed by atoms with E-state index in [0.717, 1.165) is 50.6 Å². The molecule has 0 aliphatic heterocycles. The highest BCUT2D eigenvalue weighted by Gasteiger charge is 2.24. The van der Waals surface area contributed by atoms with Crippen molar-refractivity contribution in [1.29, 1.82) is 0 Å². The Bertz CT molecular complexity index is 668. The SMILES string of the molecule is O=C(NCc1cccc(Cl)c1)NCC1CCC(CNC(=O)C2CCCCC2)CC1. The molecule has 0 radical (unpaired) electrons. The molecule has 1 aromatic rings. The van der Waals surface area contributed by atoms with Gasteiger partial charge in [0.2, 0.25) is 5.91 Å². The molecule has 1 aromatic carbocycles. The first-order chi connectivity index (χ1) is 14.1. The van der Waals surface area contributed by atoms with Gasteiger partial charge < -0.3 is 16.0 Å². The zero-order valence-electron chi connectivity index (χ0n) is 17.2. The average Bonchev–Trinajstić information content (AvgIpc) is 2.76. The molecule has 2 saturated carbocycles. The molecule has 3 N–H and O–H groups in total. The maximum atomic E-state index is 12.3. The predicted octanol–water partition coefficient (Wildman–Crippen LogP) is 4.64. The molecule has 2 aliphatic rings. The Morgan fingerprint density at radius 3 is 2.17 bits per heavy atom. The summed E-state index contributed by atoms with van der Waals surface area (Å²) in [5.74, 6) is 1.62. The number of halogens is 1. The van der Waals surface area contributed by atoms with E-state index in [4.69, 9.17) is 11.6 Å². The summed E-state index contributed by atoms with van der Waals surface area (Å²) in [6, 6.07) is 7.37. The Balaban J connectivity index is 1.26. The maximum Gasteiger partial charge on any atom is 0.315 e. The number of carbonyl (C=O) groups is 2. The molecular weight excluding hydrogens is 386 g/mol. The average molecular weight is 420 g/mol. The highest BCUT2D eigenvalue weighted by Crippen LogP contribution is 2.28. The van der Waals surface area contributed by atoms with Crippen LogP contribution in [0.25, 0.3) is 0 Å². The number of carbonyl (C=O) groups excluding carboxylic acids is 2. The summed E-state index contributed by atoms with van der Waals surface area (Å²) in [5, 5.41) is 9.75. The molecule has 0 unspecified atom stereocenters. The molecule has 0 aromatic heterocycles. The van der Waals surface area contributed by atoms with Gasteiger partial charge in [-0.3, -0.25) is 4.79 Å². The molecule has 0 atom stereocenters. The Morgan fingerprint density at radius 1 is 0.862 bits per heavy atom. The van der Waals surface area contributed by atoms with Crippen LogP contribution in [0.5, 0.6) is 0 Å². The van der Waals surface area contributed by atoms with Crippen molar-refractivity contribution in [3.8, 4) is 0 Å². The molecule has 3 rings (SSSR count). The first-order valence-corrected chi connectivity index (χ1v) is 11.5. The molecule has 0 bridgehead atoms. The molecule has 29 heavy (non-hydrogen) atoms. The second-order valence-corrected chi connectivity index (χ2v) is 9.10. The Hall–Kier alpha value is -1.75. The summed E-state index contributed by atoms with van der Waals surface area (Å²) in [6.45, 7) is 2.00. The van der Waals surface area contributed by atoms with Crippen molar-refractivity contribution >= 4 is 23.5 Å². The topological polar surface area (TPSA) is 70.2 Å². The lowest BCUT2D eigenvalue weighted by Gasteiger charge is -2.29. The van der Waals surface area contributed by atoms with Gasteiger partial charge in [0.15, 0.2) is 0 Å². The number of benzene rings is 1. The molecule has 0 spiro atoms. The first kappa shape index (κ1) is 21.9. The summed E-state index contributed by atoms with van der Waals surface area (Å²) >= 11 is 5.96. The minimum atomic E-state index is -0.133. The lowest BCUT2D eigenvalue weighted by atomic mass is 9.81. The van der Waals surface area contributed by atoms with Gasteiger partial charge in [-0.15, -0.1) is 0 Å². The molecular formula is C23H34ClN3O2. The van der Waals surface area contributed by atoms with Crippen LogP contribution in [-0.2, 0) is 11.3 Å². The Kier molecular flexibility index (Phi) is 8.66. The molecule has 0 saturated heterocycles. The smallest absolute Gasteiger partial charge is 0.315 e. The molecule has 5 nitrogen and oxygen atoms in total. The number of hydrogen-bond acceptors (Lipinski definition) is 2. The minimum Gasteiger partial charge on any atom is -0.356 e. The van der Waals surface area contributed by atoms with Crippen LogP contribution < -0.4 is 16.0 Å². The number of urea groups is 1. The van der Waals surface area contributed by atoms with Gasteiger partial charge in [0.25, 0.3) is 0 Å². The van der Waals surface area contributed by atoms with Gasteiger partial charge in [0.05, 0.1) is 0 Å². The monoisotopic (exact) mass is 419 g/mol.